The molecule has 0 amide bonds. The van der Waals surface area contributed by atoms with E-state index >= 15 is 0 Å². The van der Waals surface area contributed by atoms with E-state index in [9.17, 15) is 4.79 Å². The molecule has 0 unspecified atom stereocenters. The highest BCUT2D eigenvalue weighted by Crippen LogP contribution is 2.21. The van der Waals surface area contributed by atoms with Gasteiger partial charge in [-0.25, -0.2) is 9.97 Å². The van der Waals surface area contributed by atoms with Gasteiger partial charge in [0, 0.05) is 44.4 Å². The number of aromatic nitrogens is 4. The third kappa shape index (κ3) is 2.83. The number of imidazole rings is 1. The number of fused-ring (bicyclic) bond motifs is 1. The van der Waals surface area contributed by atoms with Crippen LogP contribution >= 0.6 is 0 Å². The Morgan fingerprint density at radius 1 is 1.36 bits per heavy atom. The van der Waals surface area contributed by atoms with Crippen LogP contribution in [0.1, 0.15) is 43.7 Å². The molecule has 118 valence electrons. The highest BCUT2D eigenvalue weighted by atomic mass is 16.1. The van der Waals surface area contributed by atoms with E-state index in [0.717, 1.165) is 42.4 Å². The van der Waals surface area contributed by atoms with Gasteiger partial charge in [0.25, 0.3) is 5.56 Å². The molecule has 1 aliphatic rings. The number of hydrogen-bond acceptors (Lipinski definition) is 4. The molecule has 1 aliphatic heterocycles. The lowest BCUT2D eigenvalue weighted by Crippen LogP contribution is -2.37. The summed E-state index contributed by atoms with van der Waals surface area (Å²) in [5.41, 5.74) is 1.61. The van der Waals surface area contributed by atoms with Crippen LogP contribution in [0.4, 0.5) is 0 Å². The van der Waals surface area contributed by atoms with Crippen LogP contribution in [0.3, 0.4) is 0 Å². The Morgan fingerprint density at radius 2 is 2.14 bits per heavy atom. The minimum atomic E-state index is -0.141. The Morgan fingerprint density at radius 3 is 2.77 bits per heavy atom. The molecule has 2 aromatic heterocycles. The quantitative estimate of drug-likeness (QED) is 0.909. The number of nitrogens with zero attached hydrogens (tertiary/aromatic N) is 4. The maximum Gasteiger partial charge on any atom is 0.255 e. The molecule has 0 saturated carbocycles. The molecule has 22 heavy (non-hydrogen) atoms. The Labute approximate surface area is 130 Å². The minimum Gasteiger partial charge on any atom is -0.337 e. The third-order valence-corrected chi connectivity index (χ3v) is 4.14. The number of H-pyrrole nitrogens is 1. The average Bonchev–Trinajstić information content (AvgIpc) is 2.84. The van der Waals surface area contributed by atoms with Crippen molar-refractivity contribution in [2.24, 2.45) is 7.05 Å². The fourth-order valence-corrected chi connectivity index (χ4v) is 2.72. The summed E-state index contributed by atoms with van der Waals surface area (Å²) in [5.74, 6) is 1.79. The molecule has 6 nitrogen and oxygen atoms in total. The van der Waals surface area contributed by atoms with Crippen molar-refractivity contribution in [2.45, 2.75) is 45.7 Å². The van der Waals surface area contributed by atoms with Crippen molar-refractivity contribution >= 4 is 0 Å². The molecule has 2 aromatic rings. The summed E-state index contributed by atoms with van der Waals surface area (Å²) in [5, 5.41) is 0. The van der Waals surface area contributed by atoms with E-state index in [-0.39, 0.29) is 11.0 Å². The van der Waals surface area contributed by atoms with Gasteiger partial charge < -0.3 is 9.55 Å². The van der Waals surface area contributed by atoms with Crippen LogP contribution in [0.5, 0.6) is 0 Å². The molecule has 3 heterocycles. The normalized spacial score (nSPS) is 15.8. The van der Waals surface area contributed by atoms with E-state index in [1.165, 1.54) is 0 Å². The standard InChI is InChI=1S/C16H23N5O/c1-16(2,3)15-18-12-5-7-21(9-11(12)14(22)19-15)10-13-17-6-8-20(13)4/h6,8H,5,7,9-10H2,1-4H3,(H,18,19,22). The van der Waals surface area contributed by atoms with Crippen molar-refractivity contribution in [1.82, 2.24) is 24.4 Å². The number of aryl methyl sites for hydroxylation is 1. The first kappa shape index (κ1) is 15.0. The van der Waals surface area contributed by atoms with Gasteiger partial charge in [0.05, 0.1) is 17.8 Å². The molecule has 1 N–H and O–H groups in total. The van der Waals surface area contributed by atoms with E-state index in [2.05, 4.69) is 35.6 Å². The zero-order valence-corrected chi connectivity index (χ0v) is 13.7. The highest BCUT2D eigenvalue weighted by molar-refractivity contribution is 5.22. The van der Waals surface area contributed by atoms with Gasteiger partial charge >= 0.3 is 0 Å². The van der Waals surface area contributed by atoms with Gasteiger partial charge in [0.15, 0.2) is 0 Å². The summed E-state index contributed by atoms with van der Waals surface area (Å²) in [6.45, 7) is 8.48. The van der Waals surface area contributed by atoms with Gasteiger partial charge in [-0.05, 0) is 0 Å². The van der Waals surface area contributed by atoms with Gasteiger partial charge in [-0.15, -0.1) is 0 Å². The average molecular weight is 301 g/mol. The van der Waals surface area contributed by atoms with Crippen molar-refractivity contribution in [1.29, 1.82) is 0 Å². The Bertz CT molecular complexity index is 738. The molecular formula is C16H23N5O. The summed E-state index contributed by atoms with van der Waals surface area (Å²) in [6, 6.07) is 0. The third-order valence-electron chi connectivity index (χ3n) is 4.14. The van der Waals surface area contributed by atoms with Crippen molar-refractivity contribution in [3.05, 3.63) is 45.7 Å². The van der Waals surface area contributed by atoms with Crippen LogP contribution in [-0.2, 0) is 32.0 Å². The maximum atomic E-state index is 12.4. The van der Waals surface area contributed by atoms with Crippen molar-refractivity contribution < 1.29 is 0 Å². The molecule has 0 saturated heterocycles. The Balaban J connectivity index is 1.85. The highest BCUT2D eigenvalue weighted by Gasteiger charge is 2.25. The lowest BCUT2D eigenvalue weighted by atomic mass is 9.95. The van der Waals surface area contributed by atoms with E-state index in [0.29, 0.717) is 6.54 Å². The summed E-state index contributed by atoms with van der Waals surface area (Å²) < 4.78 is 2.01. The Hall–Kier alpha value is -1.95. The van der Waals surface area contributed by atoms with Crippen LogP contribution in [0.25, 0.3) is 0 Å². The van der Waals surface area contributed by atoms with Gasteiger partial charge in [-0.2, -0.15) is 0 Å². The van der Waals surface area contributed by atoms with Crippen LogP contribution in [-0.4, -0.2) is 31.0 Å². The predicted octanol–water partition coefficient (Wildman–Crippen LogP) is 1.36. The zero-order chi connectivity index (χ0) is 15.9. The van der Waals surface area contributed by atoms with Gasteiger partial charge in [-0.1, -0.05) is 20.8 Å². The molecule has 3 rings (SSSR count). The summed E-state index contributed by atoms with van der Waals surface area (Å²) >= 11 is 0. The van der Waals surface area contributed by atoms with E-state index in [1.54, 1.807) is 6.20 Å². The molecular weight excluding hydrogens is 278 g/mol. The molecule has 0 atom stereocenters. The largest absolute Gasteiger partial charge is 0.337 e. The van der Waals surface area contributed by atoms with Crippen LogP contribution in [0.15, 0.2) is 17.2 Å². The lowest BCUT2D eigenvalue weighted by Gasteiger charge is -2.28. The summed E-state index contributed by atoms with van der Waals surface area (Å²) in [4.78, 5) is 26.6. The molecule has 0 fully saturated rings. The number of hydrogen-bond donors (Lipinski definition) is 1. The van der Waals surface area contributed by atoms with E-state index in [1.807, 2.05) is 17.8 Å². The lowest BCUT2D eigenvalue weighted by molar-refractivity contribution is 0.233. The van der Waals surface area contributed by atoms with Crippen LogP contribution in [0.2, 0.25) is 0 Å². The first-order valence-corrected chi connectivity index (χ1v) is 7.65. The maximum absolute atomic E-state index is 12.4. The Kier molecular flexibility index (Phi) is 3.64. The summed E-state index contributed by atoms with van der Waals surface area (Å²) in [7, 11) is 1.99. The first-order chi connectivity index (χ1) is 10.3. The zero-order valence-electron chi connectivity index (χ0n) is 13.7. The molecule has 0 aliphatic carbocycles. The van der Waals surface area contributed by atoms with Gasteiger partial charge in [0.2, 0.25) is 0 Å². The molecule has 0 aromatic carbocycles. The van der Waals surface area contributed by atoms with E-state index in [4.69, 9.17) is 4.98 Å². The van der Waals surface area contributed by atoms with Crippen molar-refractivity contribution in [3.63, 3.8) is 0 Å². The van der Waals surface area contributed by atoms with Crippen LogP contribution < -0.4 is 5.56 Å². The molecule has 6 heteroatoms. The fourth-order valence-electron chi connectivity index (χ4n) is 2.72. The molecule has 0 radical (unpaired) electrons. The SMILES string of the molecule is Cn1ccnc1CN1CCc2nc(C(C)(C)C)[nH]c(=O)c2C1. The molecule has 0 spiro atoms. The van der Waals surface area contributed by atoms with Crippen molar-refractivity contribution in [2.75, 3.05) is 6.54 Å². The van der Waals surface area contributed by atoms with Gasteiger partial charge in [0.1, 0.15) is 11.6 Å². The van der Waals surface area contributed by atoms with E-state index < -0.39 is 0 Å². The smallest absolute Gasteiger partial charge is 0.255 e. The molecule has 0 bridgehead atoms. The van der Waals surface area contributed by atoms with Gasteiger partial charge in [-0.3, -0.25) is 9.69 Å². The number of rotatable bonds is 2. The van der Waals surface area contributed by atoms with Crippen LogP contribution in [0, 0.1) is 0 Å². The summed E-state index contributed by atoms with van der Waals surface area (Å²) in [6.07, 6.45) is 4.56. The second kappa shape index (κ2) is 5.35. The van der Waals surface area contributed by atoms with Crippen molar-refractivity contribution in [3.8, 4) is 0 Å². The second-order valence-corrected chi connectivity index (χ2v) is 7.00. The second-order valence-electron chi connectivity index (χ2n) is 7.00. The monoisotopic (exact) mass is 301 g/mol. The number of nitrogens with one attached hydrogen (secondary N) is 1. The topological polar surface area (TPSA) is 66.8 Å². The fraction of sp³-hybridized carbons (Fsp3) is 0.562. The first-order valence-electron chi connectivity index (χ1n) is 7.65. The predicted molar refractivity (Wildman–Crippen MR) is 84.6 cm³/mol. The minimum absolute atomic E-state index is 0.000495. The number of aromatic amines is 1.